The standard InChI is InChI=1S/C45H43NO5/c1-42(2)24-43(3,4)26-44(25-42)35-11-9-8-10-31(35)38-33-22-36-37(50-41(47)46(36)5)23-34(33)40-32(39(38)44)20-21-45(51-40,27-12-16-29(48-6)17-13-27)28-14-18-30(49-7)19-15-28/h8-23H,24-26H2,1-7H3. The van der Waals surface area contributed by atoms with Crippen molar-refractivity contribution >= 4 is 27.9 Å². The summed E-state index contributed by atoms with van der Waals surface area (Å²) in [6.07, 6.45) is 7.72. The molecule has 0 unspecified atom stereocenters. The maximum Gasteiger partial charge on any atom is 0.419 e. The Bertz CT molecular complexity index is 2410. The molecule has 2 aliphatic carbocycles. The fraction of sp³-hybridized carbons (Fsp3) is 0.311. The average molecular weight is 678 g/mol. The van der Waals surface area contributed by atoms with E-state index < -0.39 is 5.60 Å². The molecule has 6 aromatic rings. The van der Waals surface area contributed by atoms with Gasteiger partial charge >= 0.3 is 5.76 Å². The van der Waals surface area contributed by atoms with Gasteiger partial charge in [-0.3, -0.25) is 4.57 Å². The lowest BCUT2D eigenvalue weighted by Gasteiger charge is -2.52. The van der Waals surface area contributed by atoms with E-state index in [2.05, 4.69) is 94.4 Å². The molecular weight excluding hydrogens is 634 g/mol. The van der Waals surface area contributed by atoms with E-state index >= 15 is 0 Å². The molecule has 1 saturated carbocycles. The molecule has 6 nitrogen and oxygen atoms in total. The SMILES string of the molecule is COc1ccc(C2(c3ccc(OC)cc3)C=Cc3c4c(c5cc6c(cc5c3O2)oc(=O)n6C)-c2ccccc2C42CC(C)(C)CC(C)(C)C2)cc1. The van der Waals surface area contributed by atoms with Crippen LogP contribution in [0.2, 0.25) is 0 Å². The molecule has 0 saturated heterocycles. The molecule has 2 heterocycles. The van der Waals surface area contributed by atoms with Crippen molar-refractivity contribution in [2.24, 2.45) is 17.9 Å². The van der Waals surface area contributed by atoms with Crippen LogP contribution >= 0.6 is 0 Å². The largest absolute Gasteiger partial charge is 0.497 e. The maximum absolute atomic E-state index is 12.9. The zero-order valence-corrected chi connectivity index (χ0v) is 30.3. The Labute approximate surface area is 298 Å². The molecule has 0 N–H and O–H groups in total. The first-order valence-corrected chi connectivity index (χ1v) is 17.8. The minimum Gasteiger partial charge on any atom is -0.497 e. The number of aryl methyl sites for hydroxylation is 1. The molecule has 1 aromatic heterocycles. The number of methoxy groups -OCH3 is 2. The molecule has 3 aliphatic rings. The minimum absolute atomic E-state index is 0.103. The van der Waals surface area contributed by atoms with Crippen LogP contribution in [0.1, 0.15) is 74.8 Å². The Kier molecular flexibility index (Phi) is 6.62. The second-order valence-electron chi connectivity index (χ2n) is 16.4. The van der Waals surface area contributed by atoms with Gasteiger partial charge in [-0.15, -0.1) is 0 Å². The van der Waals surface area contributed by atoms with Gasteiger partial charge in [0.1, 0.15) is 17.2 Å². The summed E-state index contributed by atoms with van der Waals surface area (Å²) in [6.45, 7) is 9.72. The lowest BCUT2D eigenvalue weighted by atomic mass is 9.52. The maximum atomic E-state index is 12.9. The average Bonchev–Trinajstić information content (AvgIpc) is 3.54. The Morgan fingerprint density at radius 3 is 1.96 bits per heavy atom. The summed E-state index contributed by atoms with van der Waals surface area (Å²) in [6, 6.07) is 29.4. The van der Waals surface area contributed by atoms with Crippen LogP contribution in [0.15, 0.2) is 100 Å². The predicted octanol–water partition coefficient (Wildman–Crippen LogP) is 10.2. The van der Waals surface area contributed by atoms with Crippen molar-refractivity contribution in [1.29, 1.82) is 0 Å². The number of hydrogen-bond donors (Lipinski definition) is 0. The van der Waals surface area contributed by atoms with Crippen LogP contribution in [0.3, 0.4) is 0 Å². The van der Waals surface area contributed by atoms with Crippen molar-refractivity contribution in [2.45, 2.75) is 58.0 Å². The monoisotopic (exact) mass is 677 g/mol. The molecule has 258 valence electrons. The van der Waals surface area contributed by atoms with Gasteiger partial charge in [0, 0.05) is 34.5 Å². The first kappa shape index (κ1) is 31.7. The van der Waals surface area contributed by atoms with Crippen LogP contribution in [-0.2, 0) is 18.1 Å². The Morgan fingerprint density at radius 2 is 1.35 bits per heavy atom. The number of rotatable bonds is 4. The van der Waals surface area contributed by atoms with Crippen molar-refractivity contribution in [3.63, 3.8) is 0 Å². The van der Waals surface area contributed by atoms with Gasteiger partial charge in [0.2, 0.25) is 0 Å². The Morgan fingerprint density at radius 1 is 0.745 bits per heavy atom. The van der Waals surface area contributed by atoms with Crippen LogP contribution < -0.4 is 20.0 Å². The molecule has 0 amide bonds. The summed E-state index contributed by atoms with van der Waals surface area (Å²) in [7, 11) is 5.13. The minimum atomic E-state index is -0.969. The van der Waals surface area contributed by atoms with Gasteiger partial charge in [-0.05, 0) is 100 Å². The fourth-order valence-corrected chi connectivity index (χ4v) is 10.4. The first-order chi connectivity index (χ1) is 24.4. The summed E-state index contributed by atoms with van der Waals surface area (Å²) >= 11 is 0. The van der Waals surface area contributed by atoms with E-state index in [1.54, 1.807) is 25.8 Å². The van der Waals surface area contributed by atoms with Gasteiger partial charge in [0.25, 0.3) is 0 Å². The lowest BCUT2D eigenvalue weighted by molar-refractivity contribution is 0.0642. The number of oxazole rings is 1. The number of aromatic nitrogens is 1. The Balaban J connectivity index is 1.41. The highest BCUT2D eigenvalue weighted by Gasteiger charge is 2.55. The van der Waals surface area contributed by atoms with Gasteiger partial charge < -0.3 is 18.6 Å². The summed E-state index contributed by atoms with van der Waals surface area (Å²) in [5.74, 6) is 1.95. The molecule has 1 fully saturated rings. The van der Waals surface area contributed by atoms with Gasteiger partial charge in [-0.1, -0.05) is 82.3 Å². The van der Waals surface area contributed by atoms with E-state index in [0.29, 0.717) is 5.58 Å². The third-order valence-corrected chi connectivity index (χ3v) is 11.7. The molecule has 1 aliphatic heterocycles. The zero-order chi connectivity index (χ0) is 35.5. The van der Waals surface area contributed by atoms with E-state index in [1.165, 1.54) is 22.3 Å². The number of fused-ring (bicyclic) bond motifs is 11. The van der Waals surface area contributed by atoms with Gasteiger partial charge in [-0.2, -0.15) is 0 Å². The second-order valence-corrected chi connectivity index (χ2v) is 16.4. The quantitative estimate of drug-likeness (QED) is 0.186. The molecule has 6 heteroatoms. The highest BCUT2D eigenvalue weighted by atomic mass is 16.5. The van der Waals surface area contributed by atoms with E-state index in [4.69, 9.17) is 18.6 Å². The van der Waals surface area contributed by atoms with Gasteiger partial charge in [0.05, 0.1) is 19.7 Å². The molecule has 5 aromatic carbocycles. The van der Waals surface area contributed by atoms with Gasteiger partial charge in [-0.25, -0.2) is 4.79 Å². The van der Waals surface area contributed by atoms with Crippen LogP contribution in [-0.4, -0.2) is 18.8 Å². The van der Waals surface area contributed by atoms with Crippen LogP contribution in [0.4, 0.5) is 0 Å². The van der Waals surface area contributed by atoms with Crippen molar-refractivity contribution < 1.29 is 18.6 Å². The molecule has 0 bridgehead atoms. The van der Waals surface area contributed by atoms with Crippen molar-refractivity contribution in [2.75, 3.05) is 14.2 Å². The van der Waals surface area contributed by atoms with Crippen LogP contribution in [0.25, 0.3) is 39.1 Å². The normalized spacial score (nSPS) is 18.6. The van der Waals surface area contributed by atoms with Gasteiger partial charge in [0.15, 0.2) is 11.2 Å². The van der Waals surface area contributed by atoms with Crippen molar-refractivity contribution in [1.82, 2.24) is 4.57 Å². The number of nitrogens with zero attached hydrogens (tertiary/aromatic N) is 1. The van der Waals surface area contributed by atoms with Crippen LogP contribution in [0.5, 0.6) is 17.2 Å². The molecule has 51 heavy (non-hydrogen) atoms. The molecule has 1 spiro atoms. The highest BCUT2D eigenvalue weighted by Crippen LogP contribution is 2.67. The summed E-state index contributed by atoms with van der Waals surface area (Å²) in [4.78, 5) is 12.9. The summed E-state index contributed by atoms with van der Waals surface area (Å²) in [5, 5.41) is 1.98. The van der Waals surface area contributed by atoms with Crippen molar-refractivity contribution in [3.8, 4) is 28.4 Å². The van der Waals surface area contributed by atoms with E-state index in [9.17, 15) is 4.79 Å². The molecule has 9 rings (SSSR count). The Hall–Kier alpha value is -5.23. The van der Waals surface area contributed by atoms with E-state index in [1.807, 2.05) is 30.3 Å². The third kappa shape index (κ3) is 4.51. The fourth-order valence-electron chi connectivity index (χ4n) is 10.4. The number of benzene rings is 5. The summed E-state index contributed by atoms with van der Waals surface area (Å²) < 4.78 is 26.1. The van der Waals surface area contributed by atoms with E-state index in [0.717, 1.165) is 69.5 Å². The third-order valence-electron chi connectivity index (χ3n) is 11.7. The van der Waals surface area contributed by atoms with E-state index in [-0.39, 0.29) is 22.0 Å². The predicted molar refractivity (Wildman–Crippen MR) is 203 cm³/mol. The molecule has 0 atom stereocenters. The second kappa shape index (κ2) is 10.6. The first-order valence-electron chi connectivity index (χ1n) is 17.8. The number of ether oxygens (including phenoxy) is 3. The molecule has 0 radical (unpaired) electrons. The molecular formula is C45H43NO5. The number of hydrogen-bond acceptors (Lipinski definition) is 5. The smallest absolute Gasteiger partial charge is 0.419 e. The topological polar surface area (TPSA) is 62.8 Å². The highest BCUT2D eigenvalue weighted by molar-refractivity contribution is 6.12. The lowest BCUT2D eigenvalue weighted by Crippen LogP contribution is -2.44. The zero-order valence-electron chi connectivity index (χ0n) is 30.3. The van der Waals surface area contributed by atoms with Crippen LogP contribution in [0, 0.1) is 10.8 Å². The van der Waals surface area contributed by atoms with Crippen molar-refractivity contribution in [3.05, 3.63) is 129 Å². The summed E-state index contributed by atoms with van der Waals surface area (Å²) in [5.41, 5.74) is 8.54.